The van der Waals surface area contributed by atoms with Gasteiger partial charge in [-0.1, -0.05) is 36.4 Å². The predicted octanol–water partition coefficient (Wildman–Crippen LogP) is 2.14. The first-order valence-electron chi connectivity index (χ1n) is 7.28. The summed E-state index contributed by atoms with van der Waals surface area (Å²) in [7, 11) is 0. The Morgan fingerprint density at radius 3 is 2.71 bits per heavy atom. The summed E-state index contributed by atoms with van der Waals surface area (Å²) in [6, 6.07) is 16.3. The van der Waals surface area contributed by atoms with Crippen molar-refractivity contribution in [3.05, 3.63) is 66.0 Å². The van der Waals surface area contributed by atoms with Crippen LogP contribution in [0, 0.1) is 0 Å². The smallest absolute Gasteiger partial charge is 0.221 e. The van der Waals surface area contributed by atoms with Crippen molar-refractivity contribution in [3.63, 3.8) is 0 Å². The Labute approximate surface area is 124 Å². The van der Waals surface area contributed by atoms with Crippen molar-refractivity contribution in [2.75, 3.05) is 13.1 Å². The van der Waals surface area contributed by atoms with Crippen molar-refractivity contribution in [1.82, 2.24) is 15.2 Å². The van der Waals surface area contributed by atoms with E-state index < -0.39 is 0 Å². The Morgan fingerprint density at radius 2 is 1.95 bits per heavy atom. The topological polar surface area (TPSA) is 45.2 Å². The van der Waals surface area contributed by atoms with Gasteiger partial charge in [0.05, 0.1) is 5.69 Å². The van der Waals surface area contributed by atoms with E-state index in [0.717, 1.165) is 18.8 Å². The van der Waals surface area contributed by atoms with Gasteiger partial charge in [0.1, 0.15) is 0 Å². The molecule has 2 heterocycles. The molecule has 4 heteroatoms. The molecule has 1 amide bonds. The van der Waals surface area contributed by atoms with Crippen LogP contribution in [0.15, 0.2) is 54.7 Å². The van der Waals surface area contributed by atoms with Crippen molar-refractivity contribution in [2.24, 2.45) is 0 Å². The highest BCUT2D eigenvalue weighted by molar-refractivity contribution is 5.77. The molecular formula is C17H19N3O. The molecule has 1 fully saturated rings. The maximum atomic E-state index is 11.9. The van der Waals surface area contributed by atoms with Crippen LogP contribution in [0.3, 0.4) is 0 Å². The second-order valence-corrected chi connectivity index (χ2v) is 5.27. The van der Waals surface area contributed by atoms with E-state index in [2.05, 4.69) is 27.3 Å². The van der Waals surface area contributed by atoms with E-state index in [4.69, 9.17) is 0 Å². The Bertz CT molecular complexity index is 585. The molecular weight excluding hydrogens is 262 g/mol. The zero-order valence-corrected chi connectivity index (χ0v) is 11.9. The van der Waals surface area contributed by atoms with Gasteiger partial charge in [-0.25, -0.2) is 0 Å². The first kappa shape index (κ1) is 13.8. The normalized spacial score (nSPS) is 19.8. The summed E-state index contributed by atoms with van der Waals surface area (Å²) >= 11 is 0. The molecule has 1 aromatic carbocycles. The number of pyridine rings is 1. The van der Waals surface area contributed by atoms with Crippen molar-refractivity contribution in [1.29, 1.82) is 0 Å². The molecule has 0 spiro atoms. The molecule has 108 valence electrons. The predicted molar refractivity (Wildman–Crippen MR) is 81.5 cm³/mol. The molecule has 0 bridgehead atoms. The lowest BCUT2D eigenvalue weighted by Crippen LogP contribution is -2.30. The number of rotatable bonds is 3. The summed E-state index contributed by atoms with van der Waals surface area (Å²) in [5.41, 5.74) is 2.22. The summed E-state index contributed by atoms with van der Waals surface area (Å²) in [4.78, 5) is 18.6. The fourth-order valence-corrected chi connectivity index (χ4v) is 2.76. The van der Waals surface area contributed by atoms with Gasteiger partial charge in [0.25, 0.3) is 0 Å². The molecule has 21 heavy (non-hydrogen) atoms. The van der Waals surface area contributed by atoms with Crippen LogP contribution >= 0.6 is 0 Å². The average Bonchev–Trinajstić information content (AvgIpc) is 2.71. The summed E-state index contributed by atoms with van der Waals surface area (Å²) in [6.07, 6.45) is 2.31. The number of benzene rings is 1. The fraction of sp³-hybridized carbons (Fsp3) is 0.294. The van der Waals surface area contributed by atoms with E-state index >= 15 is 0 Å². The molecule has 4 nitrogen and oxygen atoms in total. The Kier molecular flexibility index (Phi) is 4.26. The summed E-state index contributed by atoms with van der Waals surface area (Å²) < 4.78 is 0. The standard InChI is InChI=1S/C17H19N3O/c21-17-12-16(14-6-2-1-3-7-14)20(11-10-19-17)13-15-8-4-5-9-18-15/h1-9,16H,10-13H2,(H,19,21). The highest BCUT2D eigenvalue weighted by atomic mass is 16.1. The average molecular weight is 281 g/mol. The second-order valence-electron chi connectivity index (χ2n) is 5.27. The number of carbonyl (C=O) groups excluding carboxylic acids is 1. The molecule has 1 N–H and O–H groups in total. The zero-order chi connectivity index (χ0) is 14.5. The van der Waals surface area contributed by atoms with Crippen molar-refractivity contribution in [2.45, 2.75) is 19.0 Å². The van der Waals surface area contributed by atoms with E-state index in [0.29, 0.717) is 13.0 Å². The first-order chi connectivity index (χ1) is 10.3. The number of amides is 1. The lowest BCUT2D eigenvalue weighted by Gasteiger charge is -2.29. The van der Waals surface area contributed by atoms with Crippen LogP contribution in [0.4, 0.5) is 0 Å². The molecule has 1 aliphatic rings. The van der Waals surface area contributed by atoms with Crippen molar-refractivity contribution < 1.29 is 4.79 Å². The van der Waals surface area contributed by atoms with Gasteiger partial charge >= 0.3 is 0 Å². The molecule has 0 saturated carbocycles. The van der Waals surface area contributed by atoms with Gasteiger partial charge in [0, 0.05) is 38.3 Å². The number of nitrogens with zero attached hydrogens (tertiary/aromatic N) is 2. The largest absolute Gasteiger partial charge is 0.355 e. The zero-order valence-electron chi connectivity index (χ0n) is 11.9. The Balaban J connectivity index is 1.85. The van der Waals surface area contributed by atoms with Gasteiger partial charge < -0.3 is 5.32 Å². The lowest BCUT2D eigenvalue weighted by atomic mass is 10.0. The van der Waals surface area contributed by atoms with Crippen LogP contribution in [0.5, 0.6) is 0 Å². The van der Waals surface area contributed by atoms with Crippen LogP contribution in [-0.4, -0.2) is 28.9 Å². The minimum atomic E-state index is 0.107. The highest BCUT2D eigenvalue weighted by Gasteiger charge is 2.26. The van der Waals surface area contributed by atoms with Crippen molar-refractivity contribution >= 4 is 5.91 Å². The monoisotopic (exact) mass is 281 g/mol. The molecule has 1 aliphatic heterocycles. The number of hydrogen-bond acceptors (Lipinski definition) is 3. The molecule has 0 aliphatic carbocycles. The van der Waals surface area contributed by atoms with E-state index in [9.17, 15) is 4.79 Å². The Hall–Kier alpha value is -2.20. The third kappa shape index (κ3) is 3.47. The number of nitrogens with one attached hydrogen (secondary N) is 1. The number of carbonyl (C=O) groups is 1. The van der Waals surface area contributed by atoms with E-state index in [1.807, 2.05) is 42.6 Å². The van der Waals surface area contributed by atoms with Gasteiger partial charge in [-0.3, -0.25) is 14.7 Å². The molecule has 3 rings (SSSR count). The summed E-state index contributed by atoms with van der Waals surface area (Å²) in [5, 5.41) is 2.96. The number of aromatic nitrogens is 1. The molecule has 1 aromatic heterocycles. The third-order valence-electron chi connectivity index (χ3n) is 3.82. The molecule has 1 atom stereocenters. The molecule has 2 aromatic rings. The van der Waals surface area contributed by atoms with Crippen LogP contribution in [0.1, 0.15) is 23.7 Å². The SMILES string of the molecule is O=C1CC(c2ccccc2)N(Cc2ccccn2)CCN1. The maximum absolute atomic E-state index is 11.9. The minimum Gasteiger partial charge on any atom is -0.355 e. The van der Waals surface area contributed by atoms with E-state index in [-0.39, 0.29) is 11.9 Å². The van der Waals surface area contributed by atoms with Crippen LogP contribution in [0.25, 0.3) is 0 Å². The van der Waals surface area contributed by atoms with Crippen LogP contribution in [0.2, 0.25) is 0 Å². The van der Waals surface area contributed by atoms with Crippen molar-refractivity contribution in [3.8, 4) is 0 Å². The van der Waals surface area contributed by atoms with E-state index in [1.165, 1.54) is 5.56 Å². The summed E-state index contributed by atoms with van der Waals surface area (Å²) in [6.45, 7) is 2.28. The van der Waals surface area contributed by atoms with Gasteiger partial charge in [0.2, 0.25) is 5.91 Å². The van der Waals surface area contributed by atoms with Gasteiger partial charge in [-0.05, 0) is 17.7 Å². The van der Waals surface area contributed by atoms with Gasteiger partial charge in [-0.15, -0.1) is 0 Å². The highest BCUT2D eigenvalue weighted by Crippen LogP contribution is 2.26. The minimum absolute atomic E-state index is 0.107. The lowest BCUT2D eigenvalue weighted by molar-refractivity contribution is -0.121. The molecule has 0 radical (unpaired) electrons. The van der Waals surface area contributed by atoms with E-state index in [1.54, 1.807) is 0 Å². The van der Waals surface area contributed by atoms with Crippen LogP contribution < -0.4 is 5.32 Å². The number of hydrogen-bond donors (Lipinski definition) is 1. The first-order valence-corrected chi connectivity index (χ1v) is 7.28. The third-order valence-corrected chi connectivity index (χ3v) is 3.82. The summed E-state index contributed by atoms with van der Waals surface area (Å²) in [5.74, 6) is 0.118. The molecule has 1 saturated heterocycles. The van der Waals surface area contributed by atoms with Gasteiger partial charge in [0.15, 0.2) is 0 Å². The quantitative estimate of drug-likeness (QED) is 0.937. The fourth-order valence-electron chi connectivity index (χ4n) is 2.76. The Morgan fingerprint density at radius 1 is 1.14 bits per heavy atom. The molecule has 1 unspecified atom stereocenters. The second kappa shape index (κ2) is 6.50. The maximum Gasteiger partial charge on any atom is 0.221 e. The van der Waals surface area contributed by atoms with Crippen LogP contribution in [-0.2, 0) is 11.3 Å². The van der Waals surface area contributed by atoms with Gasteiger partial charge in [-0.2, -0.15) is 0 Å².